The summed E-state index contributed by atoms with van der Waals surface area (Å²) in [5, 5.41) is 4.64. The molecule has 0 radical (unpaired) electrons. The Kier molecular flexibility index (Phi) is 4.77. The lowest BCUT2D eigenvalue weighted by Crippen LogP contribution is -2.20. The minimum atomic E-state index is -0.105. The highest BCUT2D eigenvalue weighted by atomic mass is 79.9. The van der Waals surface area contributed by atoms with Crippen LogP contribution >= 0.6 is 27.3 Å². The molecular weight excluding hydrogens is 340 g/mol. The molecule has 1 aromatic carbocycles. The highest BCUT2D eigenvalue weighted by Crippen LogP contribution is 2.23. The van der Waals surface area contributed by atoms with Crippen LogP contribution in [0.4, 0.5) is 5.69 Å². The number of aromatic nitrogens is 1. The van der Waals surface area contributed by atoms with E-state index in [1.807, 2.05) is 32.0 Å². The summed E-state index contributed by atoms with van der Waals surface area (Å²) >= 11 is 4.58. The number of thiazole rings is 1. The molecule has 1 N–H and O–H groups in total. The van der Waals surface area contributed by atoms with Gasteiger partial charge in [-0.05, 0) is 47.5 Å². The van der Waals surface area contributed by atoms with Gasteiger partial charge in [0.15, 0.2) is 0 Å². The highest BCUT2D eigenvalue weighted by Gasteiger charge is 2.08. The van der Waals surface area contributed by atoms with Crippen LogP contribution in [0.2, 0.25) is 0 Å². The van der Waals surface area contributed by atoms with Crippen molar-refractivity contribution in [2.45, 2.75) is 26.8 Å². The summed E-state index contributed by atoms with van der Waals surface area (Å²) in [5.74, 6) is -0.105. The quantitative estimate of drug-likeness (QED) is 0.915. The van der Waals surface area contributed by atoms with Gasteiger partial charge < -0.3 is 9.88 Å². The third-order valence-electron chi connectivity index (χ3n) is 2.94. The van der Waals surface area contributed by atoms with Gasteiger partial charge in [0.25, 0.3) is 0 Å². The van der Waals surface area contributed by atoms with Gasteiger partial charge in [-0.15, -0.1) is 0 Å². The normalized spacial score (nSPS) is 10.6. The standard InChI is InChI=1S/C14H15BrN2O2S/c1-9-3-4-12(11(15)7-9)16-13(18)5-6-17-10(2)8-20-14(17)19/h3-4,7-8H,5-6H2,1-2H3,(H,16,18). The molecule has 0 saturated heterocycles. The zero-order valence-electron chi connectivity index (χ0n) is 11.3. The van der Waals surface area contributed by atoms with Gasteiger partial charge in [-0.1, -0.05) is 17.4 Å². The van der Waals surface area contributed by atoms with E-state index in [1.165, 1.54) is 0 Å². The molecule has 0 spiro atoms. The van der Waals surface area contributed by atoms with E-state index in [0.29, 0.717) is 6.54 Å². The Bertz CT molecular complexity index is 691. The number of halogens is 1. The van der Waals surface area contributed by atoms with Crippen LogP contribution in [-0.4, -0.2) is 10.5 Å². The summed E-state index contributed by atoms with van der Waals surface area (Å²) in [5.41, 5.74) is 2.76. The van der Waals surface area contributed by atoms with E-state index in [1.54, 1.807) is 9.95 Å². The van der Waals surface area contributed by atoms with E-state index in [2.05, 4.69) is 21.2 Å². The number of amides is 1. The Balaban J connectivity index is 1.98. The summed E-state index contributed by atoms with van der Waals surface area (Å²) < 4.78 is 2.48. The molecule has 4 nitrogen and oxygen atoms in total. The first-order valence-electron chi connectivity index (χ1n) is 6.18. The number of hydrogen-bond acceptors (Lipinski definition) is 3. The third kappa shape index (κ3) is 3.58. The average Bonchev–Trinajstić information content (AvgIpc) is 2.70. The number of carbonyl (C=O) groups excluding carboxylic acids is 1. The first kappa shape index (κ1) is 15.0. The van der Waals surface area contributed by atoms with Gasteiger partial charge in [0.2, 0.25) is 5.91 Å². The van der Waals surface area contributed by atoms with Gasteiger partial charge in [-0.2, -0.15) is 0 Å². The smallest absolute Gasteiger partial charge is 0.307 e. The summed E-state index contributed by atoms with van der Waals surface area (Å²) in [6.45, 7) is 4.26. The van der Waals surface area contributed by atoms with E-state index in [9.17, 15) is 9.59 Å². The Labute approximate surface area is 129 Å². The molecule has 2 rings (SSSR count). The molecule has 0 fully saturated rings. The molecule has 20 heavy (non-hydrogen) atoms. The number of hydrogen-bond donors (Lipinski definition) is 1. The van der Waals surface area contributed by atoms with Crippen molar-refractivity contribution >= 4 is 38.9 Å². The first-order valence-corrected chi connectivity index (χ1v) is 7.85. The van der Waals surface area contributed by atoms with Crippen molar-refractivity contribution in [2.75, 3.05) is 5.32 Å². The molecule has 0 bridgehead atoms. The van der Waals surface area contributed by atoms with Crippen LogP contribution < -0.4 is 10.2 Å². The van der Waals surface area contributed by atoms with E-state index < -0.39 is 0 Å². The molecule has 2 aromatic rings. The monoisotopic (exact) mass is 354 g/mol. The number of anilines is 1. The van der Waals surface area contributed by atoms with Gasteiger partial charge in [0, 0.05) is 28.5 Å². The van der Waals surface area contributed by atoms with Crippen molar-refractivity contribution in [3.05, 3.63) is 49.0 Å². The predicted octanol–water partition coefficient (Wildman–Crippen LogP) is 3.32. The third-order valence-corrected chi connectivity index (χ3v) is 4.47. The lowest BCUT2D eigenvalue weighted by atomic mass is 10.2. The first-order chi connectivity index (χ1) is 9.47. The molecular formula is C14H15BrN2O2S. The molecule has 0 atom stereocenters. The molecule has 0 aliphatic carbocycles. The number of benzene rings is 1. The van der Waals surface area contributed by atoms with Crippen LogP contribution in [0.1, 0.15) is 17.7 Å². The van der Waals surface area contributed by atoms with Crippen LogP contribution in [0.5, 0.6) is 0 Å². The summed E-state index contributed by atoms with van der Waals surface area (Å²) in [6, 6.07) is 5.75. The van der Waals surface area contributed by atoms with Gasteiger partial charge >= 0.3 is 4.87 Å². The number of rotatable bonds is 4. The predicted molar refractivity (Wildman–Crippen MR) is 85.4 cm³/mol. The molecule has 6 heteroatoms. The Morgan fingerprint density at radius 3 is 2.75 bits per heavy atom. The van der Waals surface area contributed by atoms with Crippen molar-refractivity contribution in [3.8, 4) is 0 Å². The molecule has 0 aliphatic heterocycles. The van der Waals surface area contributed by atoms with Crippen molar-refractivity contribution in [1.29, 1.82) is 0 Å². The fourth-order valence-corrected chi connectivity index (χ4v) is 3.18. The maximum absolute atomic E-state index is 11.9. The fraction of sp³-hybridized carbons (Fsp3) is 0.286. The Morgan fingerprint density at radius 2 is 2.15 bits per heavy atom. The maximum atomic E-state index is 11.9. The van der Waals surface area contributed by atoms with Crippen molar-refractivity contribution in [2.24, 2.45) is 0 Å². The van der Waals surface area contributed by atoms with Crippen LogP contribution in [0.25, 0.3) is 0 Å². The van der Waals surface area contributed by atoms with E-state index in [-0.39, 0.29) is 17.2 Å². The lowest BCUT2D eigenvalue weighted by molar-refractivity contribution is -0.116. The number of carbonyl (C=O) groups is 1. The minimum Gasteiger partial charge on any atom is -0.325 e. The SMILES string of the molecule is Cc1ccc(NC(=O)CCn2c(C)csc2=O)c(Br)c1. The number of nitrogens with one attached hydrogen (secondary N) is 1. The van der Waals surface area contributed by atoms with E-state index in [4.69, 9.17) is 0 Å². The van der Waals surface area contributed by atoms with Gasteiger partial charge in [-0.25, -0.2) is 0 Å². The molecule has 1 amide bonds. The Morgan fingerprint density at radius 1 is 1.40 bits per heavy atom. The lowest BCUT2D eigenvalue weighted by Gasteiger charge is -2.09. The fourth-order valence-electron chi connectivity index (χ4n) is 1.82. The minimum absolute atomic E-state index is 0.0215. The van der Waals surface area contributed by atoms with Gasteiger partial charge in [0.05, 0.1) is 5.69 Å². The second kappa shape index (κ2) is 6.37. The maximum Gasteiger partial charge on any atom is 0.307 e. The van der Waals surface area contributed by atoms with Gasteiger partial charge in [0.1, 0.15) is 0 Å². The van der Waals surface area contributed by atoms with Crippen molar-refractivity contribution in [1.82, 2.24) is 4.57 Å². The van der Waals surface area contributed by atoms with Gasteiger partial charge in [-0.3, -0.25) is 9.59 Å². The zero-order chi connectivity index (χ0) is 14.7. The van der Waals surface area contributed by atoms with Crippen LogP contribution in [-0.2, 0) is 11.3 Å². The molecule has 0 saturated carbocycles. The molecule has 0 aliphatic rings. The highest BCUT2D eigenvalue weighted by molar-refractivity contribution is 9.10. The topological polar surface area (TPSA) is 51.1 Å². The summed E-state index contributed by atoms with van der Waals surface area (Å²) in [4.78, 5) is 23.4. The molecule has 0 unspecified atom stereocenters. The largest absolute Gasteiger partial charge is 0.325 e. The van der Waals surface area contributed by atoms with Crippen LogP contribution in [0.15, 0.2) is 32.8 Å². The summed E-state index contributed by atoms with van der Waals surface area (Å²) in [7, 11) is 0. The zero-order valence-corrected chi connectivity index (χ0v) is 13.7. The Hall–Kier alpha value is -1.40. The number of aryl methyl sites for hydroxylation is 2. The molecule has 106 valence electrons. The van der Waals surface area contributed by atoms with Crippen LogP contribution in [0.3, 0.4) is 0 Å². The van der Waals surface area contributed by atoms with E-state index in [0.717, 1.165) is 32.8 Å². The van der Waals surface area contributed by atoms with Crippen molar-refractivity contribution < 1.29 is 4.79 Å². The average molecular weight is 355 g/mol. The molecule has 1 heterocycles. The molecule has 1 aromatic heterocycles. The van der Waals surface area contributed by atoms with E-state index >= 15 is 0 Å². The second-order valence-corrected chi connectivity index (χ2v) is 6.25. The van der Waals surface area contributed by atoms with Crippen molar-refractivity contribution in [3.63, 3.8) is 0 Å². The summed E-state index contributed by atoms with van der Waals surface area (Å²) in [6.07, 6.45) is 0.276. The number of nitrogens with zero attached hydrogens (tertiary/aromatic N) is 1. The van der Waals surface area contributed by atoms with Crippen LogP contribution in [0, 0.1) is 13.8 Å². The second-order valence-electron chi connectivity index (χ2n) is 4.58.